The molecule has 11 nitrogen and oxygen atoms in total. The lowest BCUT2D eigenvalue weighted by atomic mass is 9.91. The van der Waals surface area contributed by atoms with Crippen molar-refractivity contribution in [2.45, 2.75) is 37.3 Å². The van der Waals surface area contributed by atoms with Crippen LogP contribution in [0.3, 0.4) is 0 Å². The fraction of sp³-hybridized carbons (Fsp3) is 0.406. The van der Waals surface area contributed by atoms with Gasteiger partial charge in [0.2, 0.25) is 0 Å². The molecular weight excluding hydrogens is 580 g/mol. The summed E-state index contributed by atoms with van der Waals surface area (Å²) < 4.78 is 9.82. The van der Waals surface area contributed by atoms with Gasteiger partial charge in [0, 0.05) is 55.9 Å². The second-order valence-electron chi connectivity index (χ2n) is 12.2. The predicted molar refractivity (Wildman–Crippen MR) is 167 cm³/mol. The number of halogens is 1. The van der Waals surface area contributed by atoms with Crippen LogP contribution in [0.2, 0.25) is 5.02 Å². The number of hydrogen-bond donors (Lipinski definition) is 2. The van der Waals surface area contributed by atoms with Crippen molar-refractivity contribution >= 4 is 45.6 Å². The van der Waals surface area contributed by atoms with Crippen LogP contribution in [0.15, 0.2) is 54.9 Å². The first-order valence-corrected chi connectivity index (χ1v) is 15.6. The van der Waals surface area contributed by atoms with E-state index in [0.29, 0.717) is 46.9 Å². The van der Waals surface area contributed by atoms with E-state index in [1.54, 1.807) is 4.68 Å². The third-order valence-electron chi connectivity index (χ3n) is 9.81. The number of hydrogen-bond acceptors (Lipinski definition) is 7. The average Bonchev–Trinajstić information content (AvgIpc) is 3.29. The van der Waals surface area contributed by atoms with Gasteiger partial charge in [-0.25, -0.2) is 19.4 Å². The van der Waals surface area contributed by atoms with Crippen molar-refractivity contribution in [1.29, 1.82) is 0 Å². The summed E-state index contributed by atoms with van der Waals surface area (Å²) in [5.74, 6) is 1.49. The molecule has 5 heterocycles. The summed E-state index contributed by atoms with van der Waals surface area (Å²) >= 11 is 6.95. The highest BCUT2D eigenvalue weighted by molar-refractivity contribution is 6.38. The summed E-state index contributed by atoms with van der Waals surface area (Å²) in [6, 6.07) is 14.2. The molecule has 8 rings (SSSR count). The van der Waals surface area contributed by atoms with Crippen LogP contribution in [0.25, 0.3) is 33.3 Å². The molecule has 226 valence electrons. The summed E-state index contributed by atoms with van der Waals surface area (Å²) in [6.07, 6.45) is 6.40. The molecular formula is C32H33ClN8O3. The maximum atomic E-state index is 11.5. The van der Waals surface area contributed by atoms with E-state index in [0.717, 1.165) is 61.1 Å². The number of aryl methyl sites for hydroxylation is 1. The molecule has 4 unspecified atom stereocenters. The quantitative estimate of drug-likeness (QED) is 0.261. The van der Waals surface area contributed by atoms with Gasteiger partial charge in [-0.1, -0.05) is 41.9 Å². The smallest absolute Gasteiger partial charge is 0.404 e. The molecule has 1 aliphatic carbocycles. The summed E-state index contributed by atoms with van der Waals surface area (Å²) in [5.41, 5.74) is 4.59. The molecule has 1 saturated carbocycles. The number of carbonyl (C=O) groups is 1. The Kier molecular flexibility index (Phi) is 6.49. The second-order valence-corrected chi connectivity index (χ2v) is 12.6. The van der Waals surface area contributed by atoms with Gasteiger partial charge in [-0.15, -0.1) is 0 Å². The molecule has 0 bridgehead atoms. The van der Waals surface area contributed by atoms with E-state index >= 15 is 0 Å². The van der Waals surface area contributed by atoms with E-state index in [4.69, 9.17) is 31.4 Å². The van der Waals surface area contributed by atoms with E-state index in [1.165, 1.54) is 5.56 Å². The minimum Gasteiger partial charge on any atom is -0.465 e. The number of aromatic nitrogens is 6. The summed E-state index contributed by atoms with van der Waals surface area (Å²) in [7, 11) is 1.88. The van der Waals surface area contributed by atoms with E-state index in [9.17, 15) is 9.90 Å². The lowest BCUT2D eigenvalue weighted by Gasteiger charge is -2.27. The second kappa shape index (κ2) is 10.4. The molecule has 5 aromatic rings. The lowest BCUT2D eigenvalue weighted by molar-refractivity contribution is -0.0368. The Balaban J connectivity index is 1.17. The summed E-state index contributed by atoms with van der Waals surface area (Å²) in [4.78, 5) is 23.9. The number of fused-ring (bicyclic) bond motifs is 3. The van der Waals surface area contributed by atoms with Crippen molar-refractivity contribution in [3.63, 3.8) is 0 Å². The van der Waals surface area contributed by atoms with Crippen molar-refractivity contribution < 1.29 is 14.6 Å². The SMILES string of the molecule is Cn1cc2c(Cl)c(-c3nn(C4CCCCO4)c4nc(N5CCC6C(C5)C6(CNC(=O)O)c5ccccc5)cnc34)ccc2n1. The van der Waals surface area contributed by atoms with Crippen LogP contribution < -0.4 is 10.2 Å². The molecule has 3 fully saturated rings. The molecule has 2 aromatic carbocycles. The maximum absolute atomic E-state index is 11.5. The van der Waals surface area contributed by atoms with Gasteiger partial charge in [-0.3, -0.25) is 4.68 Å². The topological polar surface area (TPSA) is 123 Å². The fourth-order valence-corrected chi connectivity index (χ4v) is 7.96. The number of amides is 1. The number of rotatable bonds is 6. The third kappa shape index (κ3) is 4.32. The zero-order chi connectivity index (χ0) is 30.0. The molecule has 1 amide bonds. The molecule has 0 spiro atoms. The molecule has 0 radical (unpaired) electrons. The van der Waals surface area contributed by atoms with Crippen molar-refractivity contribution in [2.75, 3.05) is 31.1 Å². The molecule has 4 atom stereocenters. The standard InChI is InChI=1S/C32H33ClN8O3/c1-39-16-21-24(37-39)11-10-20(27(21)33)28-29-30(41(38-28)26-9-5-6-14-44-26)36-25(15-34-29)40-13-12-22-23(17-40)32(22,18-35-31(42)43)19-7-3-2-4-8-19/h2-4,7-8,10-11,15-16,22-23,26,35H,5-6,9,12-14,17-18H2,1H3,(H,42,43). The lowest BCUT2D eigenvalue weighted by Crippen LogP contribution is -2.35. The largest absolute Gasteiger partial charge is 0.465 e. The highest BCUT2D eigenvalue weighted by atomic mass is 35.5. The first-order valence-electron chi connectivity index (χ1n) is 15.2. The van der Waals surface area contributed by atoms with Crippen LogP contribution in [-0.2, 0) is 17.2 Å². The number of ether oxygens (including phenoxy) is 1. The Morgan fingerprint density at radius 3 is 2.80 bits per heavy atom. The molecule has 12 heteroatoms. The van der Waals surface area contributed by atoms with Gasteiger partial charge < -0.3 is 20.1 Å². The molecule has 2 N–H and O–H groups in total. The predicted octanol–water partition coefficient (Wildman–Crippen LogP) is 5.39. The monoisotopic (exact) mass is 612 g/mol. The molecule has 2 aliphatic heterocycles. The number of nitrogens with one attached hydrogen (secondary N) is 1. The minimum atomic E-state index is -0.992. The van der Waals surface area contributed by atoms with E-state index < -0.39 is 6.09 Å². The Morgan fingerprint density at radius 1 is 1.14 bits per heavy atom. The number of nitrogens with zero attached hydrogens (tertiary/aromatic N) is 7. The van der Waals surface area contributed by atoms with Crippen LogP contribution in [0.5, 0.6) is 0 Å². The Labute approximate surface area is 258 Å². The number of piperidine rings is 1. The number of benzene rings is 2. The van der Waals surface area contributed by atoms with Crippen LogP contribution >= 0.6 is 11.6 Å². The van der Waals surface area contributed by atoms with Crippen LogP contribution in [0.1, 0.15) is 37.5 Å². The van der Waals surface area contributed by atoms with E-state index in [-0.39, 0.29) is 11.6 Å². The van der Waals surface area contributed by atoms with Gasteiger partial charge >= 0.3 is 6.09 Å². The Hall–Kier alpha value is -4.22. The first kappa shape index (κ1) is 27.3. The van der Waals surface area contributed by atoms with Crippen LogP contribution in [0.4, 0.5) is 10.6 Å². The molecule has 44 heavy (non-hydrogen) atoms. The normalized spacial score (nSPS) is 24.9. The van der Waals surface area contributed by atoms with Crippen molar-refractivity contribution in [3.8, 4) is 11.3 Å². The highest BCUT2D eigenvalue weighted by Crippen LogP contribution is 2.63. The van der Waals surface area contributed by atoms with Crippen molar-refractivity contribution in [3.05, 3.63) is 65.4 Å². The Bertz CT molecular complexity index is 1890. The number of anilines is 1. The maximum Gasteiger partial charge on any atom is 0.404 e. The molecule has 3 aromatic heterocycles. The van der Waals surface area contributed by atoms with Crippen molar-refractivity contribution in [1.82, 2.24) is 34.8 Å². The molecule has 2 saturated heterocycles. The molecule has 3 aliphatic rings. The average molecular weight is 613 g/mol. The van der Waals surface area contributed by atoms with Crippen LogP contribution in [-0.4, -0.2) is 67.0 Å². The Morgan fingerprint density at radius 2 is 2.00 bits per heavy atom. The van der Waals surface area contributed by atoms with Gasteiger partial charge in [0.15, 0.2) is 11.9 Å². The highest BCUT2D eigenvalue weighted by Gasteiger charge is 2.66. The van der Waals surface area contributed by atoms with E-state index in [2.05, 4.69) is 27.4 Å². The number of carboxylic acid groups (broad SMARTS) is 1. The zero-order valence-electron chi connectivity index (χ0n) is 24.4. The van der Waals surface area contributed by atoms with E-state index in [1.807, 2.05) is 54.5 Å². The van der Waals surface area contributed by atoms with Gasteiger partial charge in [-0.05, 0) is 55.2 Å². The summed E-state index contributed by atoms with van der Waals surface area (Å²) in [5, 5.41) is 23.1. The minimum absolute atomic E-state index is 0.224. The van der Waals surface area contributed by atoms with Gasteiger partial charge in [0.05, 0.1) is 16.7 Å². The summed E-state index contributed by atoms with van der Waals surface area (Å²) in [6.45, 7) is 2.66. The first-order chi connectivity index (χ1) is 21.4. The van der Waals surface area contributed by atoms with Gasteiger partial charge in [-0.2, -0.15) is 10.2 Å². The van der Waals surface area contributed by atoms with Crippen LogP contribution in [0, 0.1) is 11.8 Å². The zero-order valence-corrected chi connectivity index (χ0v) is 25.1. The van der Waals surface area contributed by atoms with Gasteiger partial charge in [0.1, 0.15) is 17.0 Å². The fourth-order valence-electron chi connectivity index (χ4n) is 7.66. The van der Waals surface area contributed by atoms with Crippen molar-refractivity contribution in [2.24, 2.45) is 18.9 Å². The third-order valence-corrected chi connectivity index (χ3v) is 10.2. The van der Waals surface area contributed by atoms with Gasteiger partial charge in [0.25, 0.3) is 0 Å².